The van der Waals surface area contributed by atoms with Crippen LogP contribution in [-0.2, 0) is 4.79 Å². The second kappa shape index (κ2) is 7.52. The van der Waals surface area contributed by atoms with Crippen LogP contribution in [0.4, 0.5) is 5.69 Å². The van der Waals surface area contributed by atoms with E-state index in [9.17, 15) is 10.1 Å². The van der Waals surface area contributed by atoms with Crippen molar-refractivity contribution in [3.63, 3.8) is 0 Å². The first kappa shape index (κ1) is 18.5. The monoisotopic (exact) mass is 380 g/mol. The number of rotatable bonds is 4. The molecule has 7 heteroatoms. The Labute approximate surface area is 161 Å². The van der Waals surface area contributed by atoms with Crippen LogP contribution in [0.25, 0.3) is 11.9 Å². The number of anilines is 1. The molecule has 0 fully saturated rings. The van der Waals surface area contributed by atoms with Crippen molar-refractivity contribution in [1.82, 2.24) is 9.72 Å². The largest absolute Gasteiger partial charge is 0.360 e. The number of nitrogens with zero attached hydrogens (tertiary/aromatic N) is 3. The zero-order valence-electron chi connectivity index (χ0n) is 15.1. The Morgan fingerprint density at radius 3 is 2.56 bits per heavy atom. The summed E-state index contributed by atoms with van der Waals surface area (Å²) in [6, 6.07) is 12.4. The molecule has 136 valence electrons. The van der Waals surface area contributed by atoms with Crippen molar-refractivity contribution in [3.05, 3.63) is 69.7 Å². The Kier molecular flexibility index (Phi) is 5.15. The van der Waals surface area contributed by atoms with Gasteiger partial charge in [-0.2, -0.15) is 5.26 Å². The summed E-state index contributed by atoms with van der Waals surface area (Å²) in [5.41, 5.74) is 3.10. The number of carbonyl (C=O) groups excluding carboxylic acids is 1. The Bertz CT molecular complexity index is 1070. The van der Waals surface area contributed by atoms with Crippen molar-refractivity contribution in [2.45, 2.75) is 20.8 Å². The number of halogens is 1. The molecule has 0 atom stereocenters. The number of benzene rings is 1. The van der Waals surface area contributed by atoms with Crippen LogP contribution in [-0.4, -0.2) is 15.6 Å². The first-order chi connectivity index (χ1) is 12.9. The van der Waals surface area contributed by atoms with Gasteiger partial charge in [0.05, 0.1) is 0 Å². The molecule has 0 unspecified atom stereocenters. The fourth-order valence-corrected chi connectivity index (χ4v) is 2.91. The zero-order valence-corrected chi connectivity index (χ0v) is 15.8. The molecule has 0 aliphatic rings. The maximum atomic E-state index is 12.4. The second-order valence-corrected chi connectivity index (χ2v) is 6.52. The molecule has 0 saturated carbocycles. The minimum atomic E-state index is -0.484. The number of hydrogen-bond donors (Lipinski definition) is 1. The normalized spacial score (nSPS) is 11.3. The molecule has 0 radical (unpaired) electrons. The lowest BCUT2D eigenvalue weighted by Gasteiger charge is -2.05. The molecule has 0 aliphatic carbocycles. The number of carbonyl (C=O) groups is 1. The van der Waals surface area contributed by atoms with Gasteiger partial charge in [0.1, 0.15) is 17.4 Å². The first-order valence-electron chi connectivity index (χ1n) is 8.20. The molecule has 1 amide bonds. The summed E-state index contributed by atoms with van der Waals surface area (Å²) in [7, 11) is 0. The van der Waals surface area contributed by atoms with Gasteiger partial charge in [0.25, 0.3) is 5.91 Å². The zero-order chi connectivity index (χ0) is 19.6. The summed E-state index contributed by atoms with van der Waals surface area (Å²) in [4.78, 5) is 12.4. The molecule has 0 spiro atoms. The number of amides is 1. The van der Waals surface area contributed by atoms with Crippen LogP contribution in [0.2, 0.25) is 5.02 Å². The van der Waals surface area contributed by atoms with Gasteiger partial charge in [0.15, 0.2) is 5.82 Å². The molecule has 0 saturated heterocycles. The van der Waals surface area contributed by atoms with Crippen molar-refractivity contribution >= 4 is 29.3 Å². The maximum Gasteiger partial charge on any atom is 0.266 e. The number of hydrogen-bond acceptors (Lipinski definition) is 4. The molecular formula is C20H17ClN4O2. The Balaban J connectivity index is 1.91. The lowest BCUT2D eigenvalue weighted by Crippen LogP contribution is -2.13. The quantitative estimate of drug-likeness (QED) is 0.530. The third-order valence-electron chi connectivity index (χ3n) is 4.08. The van der Waals surface area contributed by atoms with Gasteiger partial charge in [-0.05, 0) is 62.7 Å². The molecule has 1 N–H and O–H groups in total. The first-order valence-corrected chi connectivity index (χ1v) is 8.58. The van der Waals surface area contributed by atoms with E-state index < -0.39 is 5.91 Å². The van der Waals surface area contributed by atoms with Crippen molar-refractivity contribution in [2.75, 3.05) is 5.32 Å². The van der Waals surface area contributed by atoms with Gasteiger partial charge in [0.2, 0.25) is 0 Å². The summed E-state index contributed by atoms with van der Waals surface area (Å²) in [6.45, 7) is 5.64. The number of aryl methyl sites for hydroxylation is 2. The van der Waals surface area contributed by atoms with E-state index in [1.54, 1.807) is 30.3 Å². The van der Waals surface area contributed by atoms with Crippen molar-refractivity contribution in [1.29, 1.82) is 5.26 Å². The predicted molar refractivity (Wildman–Crippen MR) is 104 cm³/mol. The van der Waals surface area contributed by atoms with E-state index in [1.807, 2.05) is 43.5 Å². The molecule has 1 aromatic carbocycles. The lowest BCUT2D eigenvalue weighted by atomic mass is 10.1. The number of nitriles is 1. The topological polar surface area (TPSA) is 83.9 Å². The second-order valence-electron chi connectivity index (χ2n) is 6.09. The third kappa shape index (κ3) is 3.94. The van der Waals surface area contributed by atoms with E-state index in [-0.39, 0.29) is 5.57 Å². The van der Waals surface area contributed by atoms with Crippen molar-refractivity contribution < 1.29 is 9.32 Å². The van der Waals surface area contributed by atoms with Crippen LogP contribution < -0.4 is 5.32 Å². The van der Waals surface area contributed by atoms with Crippen LogP contribution in [0.5, 0.6) is 0 Å². The highest BCUT2D eigenvalue weighted by Crippen LogP contribution is 2.23. The molecular weight excluding hydrogens is 364 g/mol. The molecule has 27 heavy (non-hydrogen) atoms. The number of aromatic nitrogens is 2. The molecule has 2 heterocycles. The number of nitrogens with one attached hydrogen (secondary N) is 1. The van der Waals surface area contributed by atoms with Crippen molar-refractivity contribution in [3.8, 4) is 11.9 Å². The highest BCUT2D eigenvalue weighted by atomic mass is 35.5. The molecule has 6 nitrogen and oxygen atoms in total. The molecule has 3 rings (SSSR count). The Hall–Kier alpha value is -3.30. The minimum absolute atomic E-state index is 0.00142. The average molecular weight is 381 g/mol. The van der Waals surface area contributed by atoms with Gasteiger partial charge < -0.3 is 9.84 Å². The minimum Gasteiger partial charge on any atom is -0.360 e. The highest BCUT2D eigenvalue weighted by Gasteiger charge is 2.15. The summed E-state index contributed by atoms with van der Waals surface area (Å²) in [6.07, 6.45) is 1.57. The SMILES string of the molecule is Cc1cc(-n2c(C)cc(/C=C(\C#N)C(=O)Nc3ccc(Cl)cc3)c2C)no1. The molecule has 3 aromatic rings. The van der Waals surface area contributed by atoms with Crippen LogP contribution in [0.15, 0.2) is 46.5 Å². The van der Waals surface area contributed by atoms with E-state index in [0.29, 0.717) is 22.3 Å². The summed E-state index contributed by atoms with van der Waals surface area (Å²) in [5.74, 6) is 0.878. The maximum absolute atomic E-state index is 12.4. The van der Waals surface area contributed by atoms with Crippen LogP contribution >= 0.6 is 11.6 Å². The van der Waals surface area contributed by atoms with E-state index in [2.05, 4.69) is 10.5 Å². The van der Waals surface area contributed by atoms with Crippen LogP contribution in [0.3, 0.4) is 0 Å². The van der Waals surface area contributed by atoms with Gasteiger partial charge in [-0.1, -0.05) is 16.8 Å². The highest BCUT2D eigenvalue weighted by molar-refractivity contribution is 6.30. The van der Waals surface area contributed by atoms with Gasteiger partial charge >= 0.3 is 0 Å². The molecule has 0 aliphatic heterocycles. The summed E-state index contributed by atoms with van der Waals surface area (Å²) in [5, 5.41) is 16.7. The lowest BCUT2D eigenvalue weighted by molar-refractivity contribution is -0.112. The van der Waals surface area contributed by atoms with Crippen LogP contribution in [0, 0.1) is 32.1 Å². The van der Waals surface area contributed by atoms with Crippen molar-refractivity contribution in [2.24, 2.45) is 0 Å². The van der Waals surface area contributed by atoms with E-state index in [0.717, 1.165) is 17.0 Å². The summed E-state index contributed by atoms with van der Waals surface area (Å²) < 4.78 is 7.05. The van der Waals surface area contributed by atoms with E-state index >= 15 is 0 Å². The fourth-order valence-electron chi connectivity index (χ4n) is 2.78. The smallest absolute Gasteiger partial charge is 0.266 e. The summed E-state index contributed by atoms with van der Waals surface area (Å²) >= 11 is 5.84. The molecule has 0 bridgehead atoms. The van der Waals surface area contributed by atoms with E-state index in [1.165, 1.54) is 0 Å². The Morgan fingerprint density at radius 2 is 1.96 bits per heavy atom. The van der Waals surface area contributed by atoms with Crippen LogP contribution in [0.1, 0.15) is 22.7 Å². The fraction of sp³-hybridized carbons (Fsp3) is 0.150. The van der Waals surface area contributed by atoms with E-state index in [4.69, 9.17) is 16.1 Å². The van der Waals surface area contributed by atoms with Gasteiger partial charge in [-0.3, -0.25) is 9.36 Å². The third-order valence-corrected chi connectivity index (χ3v) is 4.33. The standard InChI is InChI=1S/C20H17ClN4O2/c1-12-8-15(14(3)25(12)19-9-13(2)27-24-19)10-16(11-22)20(26)23-18-6-4-17(21)5-7-18/h4-10H,1-3H3,(H,23,26)/b16-10+. The molecule has 2 aromatic heterocycles. The van der Waals surface area contributed by atoms with Gasteiger partial charge in [-0.15, -0.1) is 0 Å². The van der Waals surface area contributed by atoms with Gasteiger partial charge in [0, 0.05) is 28.2 Å². The average Bonchev–Trinajstić information content (AvgIpc) is 3.17. The predicted octanol–water partition coefficient (Wildman–Crippen LogP) is 4.59. The Morgan fingerprint density at radius 1 is 1.26 bits per heavy atom. The van der Waals surface area contributed by atoms with Gasteiger partial charge in [-0.25, -0.2) is 0 Å².